The van der Waals surface area contributed by atoms with Gasteiger partial charge in [-0.2, -0.15) is 0 Å². The van der Waals surface area contributed by atoms with E-state index in [-0.39, 0.29) is 0 Å². The van der Waals surface area contributed by atoms with Gasteiger partial charge in [0.05, 0.1) is 0 Å². The van der Waals surface area contributed by atoms with Crippen molar-refractivity contribution in [1.82, 2.24) is 0 Å². The minimum absolute atomic E-state index is 0.305. The van der Waals surface area contributed by atoms with Crippen LogP contribution in [0.4, 0.5) is 8.78 Å². The van der Waals surface area contributed by atoms with Crippen molar-refractivity contribution in [1.29, 1.82) is 0 Å². The van der Waals surface area contributed by atoms with Crippen LogP contribution in [0.15, 0.2) is 0 Å². The zero-order valence-corrected chi connectivity index (χ0v) is 6.38. The second-order valence-corrected chi connectivity index (χ2v) is 4.51. The maximum absolute atomic E-state index is 12.8. The molecule has 0 N–H and O–H groups in total. The van der Waals surface area contributed by atoms with Crippen molar-refractivity contribution >= 4 is 0 Å². The third-order valence-electron chi connectivity index (χ3n) is 3.23. The van der Waals surface area contributed by atoms with Gasteiger partial charge in [0, 0.05) is 5.41 Å². The van der Waals surface area contributed by atoms with Crippen LogP contribution in [-0.2, 0) is 0 Å². The Bertz CT molecular complexity index is 158. The normalized spacial score (nSPS) is 51.6. The maximum Gasteiger partial charge on any atom is 0.250 e. The lowest BCUT2D eigenvalue weighted by molar-refractivity contribution is -0.301. The molecule has 2 bridgehead atoms. The minimum atomic E-state index is -2.43. The van der Waals surface area contributed by atoms with Gasteiger partial charge in [-0.05, 0) is 31.6 Å². The maximum atomic E-state index is 12.8. The second-order valence-electron chi connectivity index (χ2n) is 4.51. The van der Waals surface area contributed by atoms with Gasteiger partial charge in [0.25, 0.3) is 5.92 Å². The van der Waals surface area contributed by atoms with E-state index in [0.29, 0.717) is 5.41 Å². The molecule has 3 aliphatic rings. The zero-order chi connectivity index (χ0) is 7.62. The summed E-state index contributed by atoms with van der Waals surface area (Å²) < 4.78 is 25.5. The third-order valence-corrected chi connectivity index (χ3v) is 3.23. The SMILES string of the molecule is CC12CC(C(C)(F)F)(C1)C2. The van der Waals surface area contributed by atoms with Gasteiger partial charge >= 0.3 is 0 Å². The molecule has 0 aromatic carbocycles. The van der Waals surface area contributed by atoms with Gasteiger partial charge in [0.2, 0.25) is 0 Å². The molecule has 0 aromatic rings. The molecule has 0 radical (unpaired) electrons. The summed E-state index contributed by atoms with van der Waals surface area (Å²) in [6.07, 6.45) is 2.26. The number of alkyl halides is 2. The molecular weight excluding hydrogens is 134 g/mol. The predicted octanol–water partition coefficient (Wildman–Crippen LogP) is 2.83. The first kappa shape index (κ1) is 6.56. The molecule has 3 saturated carbocycles. The van der Waals surface area contributed by atoms with E-state index in [4.69, 9.17) is 0 Å². The van der Waals surface area contributed by atoms with Gasteiger partial charge in [-0.15, -0.1) is 0 Å². The molecular formula is C8H12F2. The summed E-state index contributed by atoms with van der Waals surface area (Å²) in [6, 6.07) is 0. The highest BCUT2D eigenvalue weighted by Gasteiger charge is 2.73. The Morgan fingerprint density at radius 2 is 1.60 bits per heavy atom. The van der Waals surface area contributed by atoms with E-state index < -0.39 is 11.3 Å². The van der Waals surface area contributed by atoms with Gasteiger partial charge in [-0.1, -0.05) is 6.92 Å². The molecule has 10 heavy (non-hydrogen) atoms. The van der Waals surface area contributed by atoms with E-state index in [2.05, 4.69) is 6.92 Å². The number of halogens is 2. The van der Waals surface area contributed by atoms with Crippen LogP contribution in [0.2, 0.25) is 0 Å². The highest BCUT2D eigenvalue weighted by molar-refractivity contribution is 5.19. The van der Waals surface area contributed by atoms with Crippen molar-refractivity contribution in [2.24, 2.45) is 10.8 Å². The summed E-state index contributed by atoms with van der Waals surface area (Å²) >= 11 is 0. The van der Waals surface area contributed by atoms with Crippen LogP contribution in [0.5, 0.6) is 0 Å². The Hall–Kier alpha value is -0.140. The van der Waals surface area contributed by atoms with Gasteiger partial charge in [0.1, 0.15) is 0 Å². The molecule has 3 fully saturated rings. The third kappa shape index (κ3) is 0.513. The van der Waals surface area contributed by atoms with Crippen molar-refractivity contribution < 1.29 is 8.78 Å². The monoisotopic (exact) mass is 146 g/mol. The van der Waals surface area contributed by atoms with Crippen LogP contribution in [0, 0.1) is 10.8 Å². The Kier molecular flexibility index (Phi) is 0.826. The van der Waals surface area contributed by atoms with Gasteiger partial charge in [-0.25, -0.2) is 8.78 Å². The molecule has 0 atom stereocenters. The molecule has 0 saturated heterocycles. The van der Waals surface area contributed by atoms with Gasteiger partial charge in [-0.3, -0.25) is 0 Å². The van der Waals surface area contributed by atoms with E-state index in [1.807, 2.05) is 0 Å². The first-order chi connectivity index (χ1) is 4.37. The molecule has 0 spiro atoms. The zero-order valence-electron chi connectivity index (χ0n) is 6.38. The summed E-state index contributed by atoms with van der Waals surface area (Å²) in [7, 11) is 0. The fourth-order valence-electron chi connectivity index (χ4n) is 2.76. The standard InChI is InChI=1S/C8H12F2/c1-6-3-8(4-6,5-6)7(2,9)10/h3-5H2,1-2H3. The highest BCUT2D eigenvalue weighted by atomic mass is 19.3. The van der Waals surface area contributed by atoms with E-state index in [1.54, 1.807) is 0 Å². The van der Waals surface area contributed by atoms with Gasteiger partial charge in [0.15, 0.2) is 0 Å². The smallest absolute Gasteiger partial charge is 0.207 e. The van der Waals surface area contributed by atoms with Crippen molar-refractivity contribution in [3.8, 4) is 0 Å². The first-order valence-corrected chi connectivity index (χ1v) is 3.75. The van der Waals surface area contributed by atoms with Crippen LogP contribution in [0.3, 0.4) is 0 Å². The number of hydrogen-bond donors (Lipinski definition) is 0. The van der Waals surface area contributed by atoms with E-state index in [9.17, 15) is 8.78 Å². The van der Waals surface area contributed by atoms with Crippen LogP contribution in [0.25, 0.3) is 0 Å². The molecule has 3 rings (SSSR count). The van der Waals surface area contributed by atoms with Crippen molar-refractivity contribution in [3.05, 3.63) is 0 Å². The van der Waals surface area contributed by atoms with Crippen LogP contribution in [0.1, 0.15) is 33.1 Å². The Morgan fingerprint density at radius 3 is 1.70 bits per heavy atom. The Labute approximate surface area is 59.6 Å². The molecule has 3 aliphatic carbocycles. The highest BCUT2D eigenvalue weighted by Crippen LogP contribution is 2.77. The molecule has 0 heterocycles. The van der Waals surface area contributed by atoms with Crippen molar-refractivity contribution in [2.75, 3.05) is 0 Å². The number of hydrogen-bond acceptors (Lipinski definition) is 0. The molecule has 2 heteroatoms. The molecule has 0 nitrogen and oxygen atoms in total. The lowest BCUT2D eigenvalue weighted by Crippen LogP contribution is -2.67. The first-order valence-electron chi connectivity index (χ1n) is 3.75. The summed E-state index contributed by atoms with van der Waals surface area (Å²) in [5.41, 5.74) is -0.263. The van der Waals surface area contributed by atoms with E-state index in [0.717, 1.165) is 26.2 Å². The molecule has 0 unspecified atom stereocenters. The van der Waals surface area contributed by atoms with Crippen LogP contribution >= 0.6 is 0 Å². The van der Waals surface area contributed by atoms with E-state index >= 15 is 0 Å². The summed E-state index contributed by atoms with van der Waals surface area (Å²) in [5, 5.41) is 0. The van der Waals surface area contributed by atoms with Crippen molar-refractivity contribution in [2.45, 2.75) is 39.0 Å². The summed E-state index contributed by atoms with van der Waals surface area (Å²) in [5.74, 6) is -2.43. The molecule has 0 aliphatic heterocycles. The summed E-state index contributed by atoms with van der Waals surface area (Å²) in [4.78, 5) is 0. The topological polar surface area (TPSA) is 0 Å². The predicted molar refractivity (Wildman–Crippen MR) is 35.0 cm³/mol. The molecule has 0 aromatic heterocycles. The Morgan fingerprint density at radius 1 is 1.20 bits per heavy atom. The lowest BCUT2D eigenvalue weighted by Gasteiger charge is -2.71. The second kappa shape index (κ2) is 1.26. The number of rotatable bonds is 1. The fourth-order valence-corrected chi connectivity index (χ4v) is 2.76. The minimum Gasteiger partial charge on any atom is -0.207 e. The largest absolute Gasteiger partial charge is 0.250 e. The average Bonchev–Trinajstić information content (AvgIpc) is 1.51. The van der Waals surface area contributed by atoms with Crippen LogP contribution < -0.4 is 0 Å². The summed E-state index contributed by atoms with van der Waals surface area (Å²) in [6.45, 7) is 3.16. The quantitative estimate of drug-likeness (QED) is 0.533. The van der Waals surface area contributed by atoms with Crippen molar-refractivity contribution in [3.63, 3.8) is 0 Å². The van der Waals surface area contributed by atoms with Gasteiger partial charge < -0.3 is 0 Å². The Balaban J connectivity index is 2.11. The van der Waals surface area contributed by atoms with Crippen LogP contribution in [-0.4, -0.2) is 5.92 Å². The molecule has 58 valence electrons. The average molecular weight is 146 g/mol. The van der Waals surface area contributed by atoms with E-state index in [1.165, 1.54) is 0 Å². The fraction of sp³-hybridized carbons (Fsp3) is 1.00. The lowest BCUT2D eigenvalue weighted by atomic mass is 9.34. The molecule has 0 amide bonds.